The molecule has 2 aliphatic rings. The predicted octanol–water partition coefficient (Wildman–Crippen LogP) is 3.78. The van der Waals surface area contributed by atoms with Crippen LogP contribution in [0.1, 0.15) is 63.5 Å². The minimum atomic E-state index is -0.531. The zero-order valence-corrected chi connectivity index (χ0v) is 20.5. The second-order valence-corrected chi connectivity index (χ2v) is 9.71. The SMILES string of the molecule is C[C@@H](C(N)=O)N(C)[C@H](C(=O)N1CCC[C@H]1c1ccnc(Nc2ncccc2F)c1)C1CCCCC1. The number of hydrogen-bond donors (Lipinski definition) is 2. The van der Waals surface area contributed by atoms with E-state index in [0.29, 0.717) is 12.4 Å². The molecule has 3 atom stereocenters. The van der Waals surface area contributed by atoms with Gasteiger partial charge in [-0.25, -0.2) is 14.4 Å². The molecule has 2 amide bonds. The van der Waals surface area contributed by atoms with E-state index >= 15 is 0 Å². The molecule has 3 N–H and O–H groups in total. The fourth-order valence-corrected chi connectivity index (χ4v) is 5.47. The smallest absolute Gasteiger partial charge is 0.240 e. The molecule has 0 spiro atoms. The van der Waals surface area contributed by atoms with Gasteiger partial charge < -0.3 is 16.0 Å². The molecule has 0 aromatic carbocycles. The second-order valence-electron chi connectivity index (χ2n) is 9.71. The highest BCUT2D eigenvalue weighted by Crippen LogP contribution is 2.37. The number of nitrogens with two attached hydrogens (primary N) is 1. The number of halogens is 1. The summed E-state index contributed by atoms with van der Waals surface area (Å²) in [5.74, 6) is -0.0493. The van der Waals surface area contributed by atoms with Crippen LogP contribution < -0.4 is 11.1 Å². The van der Waals surface area contributed by atoms with Gasteiger partial charge in [0.25, 0.3) is 0 Å². The Morgan fingerprint density at radius 3 is 2.63 bits per heavy atom. The molecule has 8 nitrogen and oxygen atoms in total. The number of nitrogens with one attached hydrogen (secondary N) is 1. The third-order valence-corrected chi connectivity index (χ3v) is 7.52. The molecule has 3 heterocycles. The van der Waals surface area contributed by atoms with Crippen molar-refractivity contribution in [1.82, 2.24) is 19.8 Å². The molecule has 2 aromatic heterocycles. The third kappa shape index (κ3) is 5.61. The first-order valence-electron chi connectivity index (χ1n) is 12.5. The van der Waals surface area contributed by atoms with Gasteiger partial charge in [0.15, 0.2) is 11.6 Å². The van der Waals surface area contributed by atoms with Crippen molar-refractivity contribution in [2.24, 2.45) is 11.7 Å². The lowest BCUT2D eigenvalue weighted by atomic mass is 9.82. The van der Waals surface area contributed by atoms with Gasteiger partial charge in [-0.3, -0.25) is 14.5 Å². The number of rotatable bonds is 8. The number of nitrogens with zero attached hydrogens (tertiary/aromatic N) is 4. The molecular weight excluding hydrogens is 447 g/mol. The molecule has 0 bridgehead atoms. The average Bonchev–Trinajstić information content (AvgIpc) is 3.36. The maximum atomic E-state index is 14.1. The summed E-state index contributed by atoms with van der Waals surface area (Å²) < 4.78 is 14.1. The van der Waals surface area contributed by atoms with E-state index in [4.69, 9.17) is 5.73 Å². The van der Waals surface area contributed by atoms with Crippen molar-refractivity contribution in [2.75, 3.05) is 18.9 Å². The number of hydrogen-bond acceptors (Lipinski definition) is 6. The monoisotopic (exact) mass is 482 g/mol. The van der Waals surface area contributed by atoms with Gasteiger partial charge in [0.1, 0.15) is 5.82 Å². The van der Waals surface area contributed by atoms with Crippen molar-refractivity contribution in [3.63, 3.8) is 0 Å². The average molecular weight is 483 g/mol. The highest BCUT2D eigenvalue weighted by Gasteiger charge is 2.41. The highest BCUT2D eigenvalue weighted by atomic mass is 19.1. The molecule has 0 radical (unpaired) electrons. The normalized spacial score (nSPS) is 20.6. The van der Waals surface area contributed by atoms with Crippen LogP contribution in [0.5, 0.6) is 0 Å². The van der Waals surface area contributed by atoms with Crippen LogP contribution in [0.3, 0.4) is 0 Å². The molecule has 35 heavy (non-hydrogen) atoms. The Kier molecular flexibility index (Phi) is 7.95. The molecule has 0 unspecified atom stereocenters. The van der Waals surface area contributed by atoms with Crippen molar-refractivity contribution in [3.05, 3.63) is 48.0 Å². The summed E-state index contributed by atoms with van der Waals surface area (Å²) in [5, 5.41) is 2.94. The number of primary amides is 1. The van der Waals surface area contributed by atoms with Crippen LogP contribution in [0.4, 0.5) is 16.0 Å². The van der Waals surface area contributed by atoms with Crippen LogP contribution >= 0.6 is 0 Å². The zero-order chi connectivity index (χ0) is 24.9. The van der Waals surface area contributed by atoms with E-state index < -0.39 is 17.8 Å². The molecule has 2 aromatic rings. The molecular formula is C26H35FN6O2. The Morgan fingerprint density at radius 2 is 1.91 bits per heavy atom. The van der Waals surface area contributed by atoms with Gasteiger partial charge in [-0.2, -0.15) is 0 Å². The number of anilines is 2. The van der Waals surface area contributed by atoms with Crippen LogP contribution in [-0.2, 0) is 9.59 Å². The van der Waals surface area contributed by atoms with Crippen LogP contribution in [0.15, 0.2) is 36.7 Å². The first-order valence-corrected chi connectivity index (χ1v) is 12.5. The van der Waals surface area contributed by atoms with Crippen LogP contribution in [0.25, 0.3) is 0 Å². The maximum absolute atomic E-state index is 14.1. The standard InChI is InChI=1S/C26H35FN6O2/c1-17(24(28)34)32(2)23(18-8-4-3-5-9-18)26(35)33-15-7-11-21(33)19-12-14-29-22(16-19)31-25-20(27)10-6-13-30-25/h6,10,12-14,16-18,21,23H,3-5,7-9,11,15H2,1-2H3,(H2,28,34)(H,29,30,31)/t17-,21-,23-/m0/s1. The predicted molar refractivity (Wildman–Crippen MR) is 132 cm³/mol. The summed E-state index contributed by atoms with van der Waals surface area (Å²) in [6.07, 6.45) is 10.2. The zero-order valence-electron chi connectivity index (χ0n) is 20.5. The van der Waals surface area contributed by atoms with E-state index in [9.17, 15) is 14.0 Å². The molecule has 1 aliphatic carbocycles. The van der Waals surface area contributed by atoms with Crippen molar-refractivity contribution in [3.8, 4) is 0 Å². The van der Waals surface area contributed by atoms with Crippen molar-refractivity contribution in [2.45, 2.75) is 70.0 Å². The minimum Gasteiger partial charge on any atom is -0.368 e. The number of likely N-dealkylation sites (N-methyl/N-ethyl adjacent to an activating group) is 1. The van der Waals surface area contributed by atoms with E-state index in [1.54, 1.807) is 13.1 Å². The van der Waals surface area contributed by atoms with Crippen molar-refractivity contribution in [1.29, 1.82) is 0 Å². The first-order chi connectivity index (χ1) is 16.9. The summed E-state index contributed by atoms with van der Waals surface area (Å²) in [6.45, 7) is 2.43. The molecule has 9 heteroatoms. The quantitative estimate of drug-likeness (QED) is 0.593. The van der Waals surface area contributed by atoms with E-state index in [0.717, 1.165) is 44.1 Å². The Morgan fingerprint density at radius 1 is 1.14 bits per heavy atom. The van der Waals surface area contributed by atoms with Gasteiger partial charge in [0.05, 0.1) is 18.1 Å². The van der Waals surface area contributed by atoms with E-state index in [2.05, 4.69) is 15.3 Å². The van der Waals surface area contributed by atoms with Crippen LogP contribution in [0, 0.1) is 11.7 Å². The molecule has 1 aliphatic heterocycles. The Labute approximate surface area is 206 Å². The van der Waals surface area contributed by atoms with Gasteiger partial charge in [0.2, 0.25) is 11.8 Å². The molecule has 4 rings (SSSR count). The van der Waals surface area contributed by atoms with Crippen LogP contribution in [-0.4, -0.2) is 57.3 Å². The topological polar surface area (TPSA) is 104 Å². The fraction of sp³-hybridized carbons (Fsp3) is 0.538. The number of carbonyl (C=O) groups is 2. The Hall–Kier alpha value is -3.07. The van der Waals surface area contributed by atoms with Gasteiger partial charge in [-0.05, 0) is 75.4 Å². The highest BCUT2D eigenvalue weighted by molar-refractivity contribution is 5.85. The number of carbonyl (C=O) groups excluding carboxylic acids is 2. The number of amides is 2. The van der Waals surface area contributed by atoms with Crippen molar-refractivity contribution < 1.29 is 14.0 Å². The van der Waals surface area contributed by atoms with Crippen LogP contribution in [0.2, 0.25) is 0 Å². The number of aromatic nitrogens is 2. The minimum absolute atomic E-state index is 0.0529. The lowest BCUT2D eigenvalue weighted by Crippen LogP contribution is -2.56. The van der Waals surface area contributed by atoms with E-state index in [1.165, 1.54) is 24.8 Å². The van der Waals surface area contributed by atoms with Gasteiger partial charge in [-0.1, -0.05) is 19.3 Å². The summed E-state index contributed by atoms with van der Waals surface area (Å²) in [5.41, 5.74) is 6.56. The summed E-state index contributed by atoms with van der Waals surface area (Å²) >= 11 is 0. The van der Waals surface area contributed by atoms with E-state index in [1.807, 2.05) is 29.0 Å². The Bertz CT molecular complexity index is 1040. The van der Waals surface area contributed by atoms with Crippen molar-refractivity contribution >= 4 is 23.5 Å². The lowest BCUT2D eigenvalue weighted by Gasteiger charge is -2.41. The molecule has 2 fully saturated rings. The first kappa shape index (κ1) is 25.0. The molecule has 1 saturated heterocycles. The number of likely N-dealkylation sites (tertiary alicyclic amines) is 1. The van der Waals surface area contributed by atoms with E-state index in [-0.39, 0.29) is 29.7 Å². The van der Waals surface area contributed by atoms with Gasteiger partial charge >= 0.3 is 0 Å². The maximum Gasteiger partial charge on any atom is 0.240 e. The third-order valence-electron chi connectivity index (χ3n) is 7.52. The van der Waals surface area contributed by atoms with Gasteiger partial charge in [-0.15, -0.1) is 0 Å². The Balaban J connectivity index is 1.58. The second kappa shape index (κ2) is 11.1. The molecule has 1 saturated carbocycles. The fourth-order valence-electron chi connectivity index (χ4n) is 5.47. The summed E-state index contributed by atoms with van der Waals surface area (Å²) in [6, 6.07) is 5.61. The van der Waals surface area contributed by atoms with Gasteiger partial charge in [0, 0.05) is 18.9 Å². The molecule has 188 valence electrons. The summed E-state index contributed by atoms with van der Waals surface area (Å²) in [4.78, 5) is 38.2. The number of pyridine rings is 2. The largest absolute Gasteiger partial charge is 0.368 e. The summed E-state index contributed by atoms with van der Waals surface area (Å²) in [7, 11) is 1.84. The lowest BCUT2D eigenvalue weighted by molar-refractivity contribution is -0.142.